The second-order valence-electron chi connectivity index (χ2n) is 3.01. The molecule has 0 radical (unpaired) electrons. The molecular weight excluding hydrogens is 210 g/mol. The van der Waals surface area contributed by atoms with Crippen LogP contribution in [0.1, 0.15) is 47.5 Å². The van der Waals surface area contributed by atoms with Crippen molar-refractivity contribution in [3.8, 4) is 0 Å². The number of hydrogen-bond donors (Lipinski definition) is 2. The second kappa shape index (κ2) is 7.39. The molecule has 1 aromatic rings. The SMILES string of the molecule is CCCC.O=C(O)c1cccnc1C(=O)O. The van der Waals surface area contributed by atoms with E-state index in [2.05, 4.69) is 18.8 Å². The standard InChI is InChI=1S/C7H5NO4.C4H10/c9-6(10)4-2-1-3-8-5(4)7(11)12;1-3-4-2/h1-3H,(H,9,10)(H,11,12);3-4H2,1-2H3. The summed E-state index contributed by atoms with van der Waals surface area (Å²) in [6.07, 6.45) is 3.87. The molecule has 0 aromatic carbocycles. The van der Waals surface area contributed by atoms with E-state index in [0.717, 1.165) is 0 Å². The van der Waals surface area contributed by atoms with Gasteiger partial charge >= 0.3 is 11.9 Å². The first-order valence-electron chi connectivity index (χ1n) is 4.96. The van der Waals surface area contributed by atoms with Crippen molar-refractivity contribution in [2.75, 3.05) is 0 Å². The molecule has 0 saturated carbocycles. The molecule has 0 spiro atoms. The van der Waals surface area contributed by atoms with Crippen LogP contribution in [0, 0.1) is 0 Å². The van der Waals surface area contributed by atoms with Gasteiger partial charge in [0.25, 0.3) is 0 Å². The first-order valence-corrected chi connectivity index (χ1v) is 4.96. The average molecular weight is 225 g/mol. The summed E-state index contributed by atoms with van der Waals surface area (Å²) in [5.41, 5.74) is -0.741. The van der Waals surface area contributed by atoms with Gasteiger partial charge in [0.1, 0.15) is 0 Å². The molecule has 16 heavy (non-hydrogen) atoms. The predicted molar refractivity (Wildman–Crippen MR) is 58.7 cm³/mol. The van der Waals surface area contributed by atoms with Crippen molar-refractivity contribution < 1.29 is 19.8 Å². The van der Waals surface area contributed by atoms with Gasteiger partial charge in [0.05, 0.1) is 5.56 Å². The van der Waals surface area contributed by atoms with E-state index in [-0.39, 0.29) is 5.56 Å². The highest BCUT2D eigenvalue weighted by atomic mass is 16.4. The number of nitrogens with zero attached hydrogens (tertiary/aromatic N) is 1. The van der Waals surface area contributed by atoms with Crippen LogP contribution in [0.4, 0.5) is 0 Å². The highest BCUT2D eigenvalue weighted by Crippen LogP contribution is 2.04. The molecule has 0 bridgehead atoms. The fourth-order valence-corrected chi connectivity index (χ4v) is 0.748. The Morgan fingerprint density at radius 2 is 1.75 bits per heavy atom. The number of carboxylic acids is 2. The third-order valence-corrected chi connectivity index (χ3v) is 1.74. The van der Waals surface area contributed by atoms with Crippen LogP contribution in [0.5, 0.6) is 0 Å². The Bertz CT molecular complexity index is 328. The summed E-state index contributed by atoms with van der Waals surface area (Å²) < 4.78 is 0. The maximum Gasteiger partial charge on any atom is 0.355 e. The van der Waals surface area contributed by atoms with Gasteiger partial charge in [-0.15, -0.1) is 0 Å². The zero-order valence-electron chi connectivity index (χ0n) is 9.30. The molecule has 0 fully saturated rings. The quantitative estimate of drug-likeness (QED) is 0.823. The molecule has 88 valence electrons. The fourth-order valence-electron chi connectivity index (χ4n) is 0.748. The van der Waals surface area contributed by atoms with Crippen molar-refractivity contribution >= 4 is 11.9 Å². The summed E-state index contributed by atoms with van der Waals surface area (Å²) in [5.74, 6) is -2.63. The van der Waals surface area contributed by atoms with E-state index in [1.807, 2.05) is 0 Å². The van der Waals surface area contributed by atoms with Crippen molar-refractivity contribution in [2.24, 2.45) is 0 Å². The monoisotopic (exact) mass is 225 g/mol. The molecule has 1 rings (SSSR count). The van der Waals surface area contributed by atoms with Gasteiger partial charge in [0.2, 0.25) is 0 Å². The Morgan fingerprint density at radius 3 is 2.06 bits per heavy atom. The third-order valence-electron chi connectivity index (χ3n) is 1.74. The summed E-state index contributed by atoms with van der Waals surface area (Å²) in [6.45, 7) is 4.36. The molecule has 0 amide bonds. The maximum absolute atomic E-state index is 10.4. The molecule has 5 nitrogen and oxygen atoms in total. The first-order chi connectivity index (χ1) is 7.54. The van der Waals surface area contributed by atoms with Crippen LogP contribution in [0.2, 0.25) is 0 Å². The van der Waals surface area contributed by atoms with Crippen LogP contribution >= 0.6 is 0 Å². The minimum atomic E-state index is -1.34. The molecule has 1 heterocycles. The van der Waals surface area contributed by atoms with E-state index in [1.54, 1.807) is 0 Å². The molecule has 2 N–H and O–H groups in total. The van der Waals surface area contributed by atoms with Crippen molar-refractivity contribution in [2.45, 2.75) is 26.7 Å². The number of pyridine rings is 1. The largest absolute Gasteiger partial charge is 0.478 e. The lowest BCUT2D eigenvalue weighted by atomic mass is 10.2. The molecule has 1 aromatic heterocycles. The van der Waals surface area contributed by atoms with Gasteiger partial charge in [-0.2, -0.15) is 0 Å². The van der Waals surface area contributed by atoms with Crippen LogP contribution in [0.15, 0.2) is 18.3 Å². The molecular formula is C11H15NO4. The molecule has 0 unspecified atom stereocenters. The van der Waals surface area contributed by atoms with E-state index in [1.165, 1.54) is 31.2 Å². The van der Waals surface area contributed by atoms with Crippen LogP contribution in [0.25, 0.3) is 0 Å². The number of unbranched alkanes of at least 4 members (excludes halogenated alkanes) is 1. The van der Waals surface area contributed by atoms with Crippen LogP contribution < -0.4 is 0 Å². The van der Waals surface area contributed by atoms with Crippen molar-refractivity contribution in [3.63, 3.8) is 0 Å². The zero-order valence-corrected chi connectivity index (χ0v) is 9.30. The Kier molecular flexibility index (Phi) is 6.51. The number of aromatic nitrogens is 1. The van der Waals surface area contributed by atoms with E-state index in [9.17, 15) is 9.59 Å². The van der Waals surface area contributed by atoms with Crippen molar-refractivity contribution in [1.82, 2.24) is 4.98 Å². The number of aromatic carboxylic acids is 2. The lowest BCUT2D eigenvalue weighted by Crippen LogP contribution is -2.09. The number of hydrogen-bond acceptors (Lipinski definition) is 3. The third kappa shape index (κ3) is 4.54. The molecule has 0 atom stereocenters. The molecule has 5 heteroatoms. The summed E-state index contributed by atoms with van der Waals surface area (Å²) >= 11 is 0. The van der Waals surface area contributed by atoms with Gasteiger partial charge < -0.3 is 10.2 Å². The summed E-state index contributed by atoms with van der Waals surface area (Å²) in [5, 5.41) is 17.0. The highest BCUT2D eigenvalue weighted by molar-refractivity contribution is 5.99. The van der Waals surface area contributed by atoms with Crippen molar-refractivity contribution in [1.29, 1.82) is 0 Å². The Balaban J connectivity index is 0.000000487. The molecule has 0 aliphatic rings. The molecule has 0 saturated heterocycles. The van der Waals surface area contributed by atoms with Crippen LogP contribution in [-0.2, 0) is 0 Å². The van der Waals surface area contributed by atoms with E-state index in [4.69, 9.17) is 10.2 Å². The first kappa shape index (κ1) is 14.1. The normalized spacial score (nSPS) is 8.88. The summed E-state index contributed by atoms with van der Waals surface area (Å²) in [7, 11) is 0. The summed E-state index contributed by atoms with van der Waals surface area (Å²) in [6, 6.07) is 2.56. The lowest BCUT2D eigenvalue weighted by Gasteiger charge is -1.97. The Morgan fingerprint density at radius 1 is 1.19 bits per heavy atom. The predicted octanol–water partition coefficient (Wildman–Crippen LogP) is 2.28. The second-order valence-corrected chi connectivity index (χ2v) is 3.01. The minimum Gasteiger partial charge on any atom is -0.478 e. The smallest absolute Gasteiger partial charge is 0.355 e. The van der Waals surface area contributed by atoms with Gasteiger partial charge in [-0.1, -0.05) is 26.7 Å². The van der Waals surface area contributed by atoms with E-state index < -0.39 is 17.6 Å². The lowest BCUT2D eigenvalue weighted by molar-refractivity contribution is 0.0646. The van der Waals surface area contributed by atoms with Crippen molar-refractivity contribution in [3.05, 3.63) is 29.6 Å². The molecule has 0 aliphatic heterocycles. The number of carboxylic acid groups (broad SMARTS) is 2. The average Bonchev–Trinajstić information content (AvgIpc) is 2.29. The van der Waals surface area contributed by atoms with Gasteiger partial charge in [-0.05, 0) is 12.1 Å². The Hall–Kier alpha value is -1.91. The van der Waals surface area contributed by atoms with E-state index >= 15 is 0 Å². The fraction of sp³-hybridized carbons (Fsp3) is 0.364. The van der Waals surface area contributed by atoms with E-state index in [0.29, 0.717) is 0 Å². The maximum atomic E-state index is 10.4. The Labute approximate surface area is 93.8 Å². The van der Waals surface area contributed by atoms with Gasteiger partial charge in [0, 0.05) is 6.20 Å². The van der Waals surface area contributed by atoms with Gasteiger partial charge in [-0.3, -0.25) is 0 Å². The number of rotatable bonds is 3. The zero-order chi connectivity index (χ0) is 12.6. The minimum absolute atomic E-state index is 0.301. The van der Waals surface area contributed by atoms with Gasteiger partial charge in [-0.25, -0.2) is 14.6 Å². The highest BCUT2D eigenvalue weighted by Gasteiger charge is 2.15. The number of carbonyl (C=O) groups is 2. The van der Waals surface area contributed by atoms with Crippen LogP contribution in [0.3, 0.4) is 0 Å². The van der Waals surface area contributed by atoms with Crippen LogP contribution in [-0.4, -0.2) is 27.1 Å². The molecule has 0 aliphatic carbocycles. The topological polar surface area (TPSA) is 87.5 Å². The van der Waals surface area contributed by atoms with Gasteiger partial charge in [0.15, 0.2) is 5.69 Å². The summed E-state index contributed by atoms with van der Waals surface area (Å²) in [4.78, 5) is 24.2.